The van der Waals surface area contributed by atoms with Crippen molar-refractivity contribution in [1.29, 1.82) is 0 Å². The monoisotopic (exact) mass is 256 g/mol. The summed E-state index contributed by atoms with van der Waals surface area (Å²) in [5.74, 6) is -0.373. The first-order valence-corrected chi connectivity index (χ1v) is 6.13. The molecular weight excluding hydrogens is 247 g/mol. The first kappa shape index (κ1) is 11.6. The maximum absolute atomic E-state index is 13.5. The zero-order valence-corrected chi connectivity index (χ0v) is 9.93. The van der Waals surface area contributed by atoms with Gasteiger partial charge in [-0.15, -0.1) is 0 Å². The van der Waals surface area contributed by atoms with Crippen LogP contribution in [-0.4, -0.2) is 5.11 Å². The molecule has 0 aliphatic carbocycles. The zero-order valence-electron chi connectivity index (χ0n) is 8.36. The maximum atomic E-state index is 13.5. The van der Waals surface area contributed by atoms with E-state index in [4.69, 9.17) is 11.6 Å². The quantitative estimate of drug-likeness (QED) is 0.885. The van der Waals surface area contributed by atoms with E-state index in [1.54, 1.807) is 12.1 Å². The van der Waals surface area contributed by atoms with Crippen LogP contribution in [0.5, 0.6) is 0 Å². The molecule has 84 valence electrons. The number of aliphatic hydroxyl groups is 1. The van der Waals surface area contributed by atoms with Crippen molar-refractivity contribution in [3.05, 3.63) is 57.0 Å². The van der Waals surface area contributed by atoms with Crippen LogP contribution in [0.4, 0.5) is 4.39 Å². The molecule has 2 rings (SSSR count). The summed E-state index contributed by atoms with van der Waals surface area (Å²) >= 11 is 7.39. The van der Waals surface area contributed by atoms with Crippen molar-refractivity contribution in [1.82, 2.24) is 0 Å². The Labute approximate surface area is 102 Å². The molecule has 0 radical (unpaired) electrons. The highest BCUT2D eigenvalue weighted by molar-refractivity contribution is 7.07. The molecule has 1 aromatic carbocycles. The first-order chi connectivity index (χ1) is 7.68. The van der Waals surface area contributed by atoms with E-state index >= 15 is 0 Å². The van der Waals surface area contributed by atoms with Gasteiger partial charge in [0.05, 0.1) is 6.10 Å². The Morgan fingerprint density at radius 2 is 2.19 bits per heavy atom. The Morgan fingerprint density at radius 3 is 2.81 bits per heavy atom. The van der Waals surface area contributed by atoms with Crippen LogP contribution in [0.15, 0.2) is 35.0 Å². The molecule has 0 spiro atoms. The van der Waals surface area contributed by atoms with Crippen LogP contribution in [0.3, 0.4) is 0 Å². The maximum Gasteiger partial charge on any atom is 0.127 e. The lowest BCUT2D eigenvalue weighted by Gasteiger charge is -2.11. The molecule has 0 aliphatic rings. The number of thiophene rings is 1. The fourth-order valence-electron chi connectivity index (χ4n) is 1.50. The number of rotatable bonds is 3. The van der Waals surface area contributed by atoms with Gasteiger partial charge in [-0.3, -0.25) is 0 Å². The molecule has 1 N–H and O–H groups in total. The van der Waals surface area contributed by atoms with E-state index in [1.807, 2.05) is 16.8 Å². The molecule has 0 bridgehead atoms. The number of halogens is 2. The fourth-order valence-corrected chi connectivity index (χ4v) is 2.45. The molecule has 1 atom stereocenters. The van der Waals surface area contributed by atoms with E-state index in [0.29, 0.717) is 10.6 Å². The smallest absolute Gasteiger partial charge is 0.127 e. The molecule has 0 fully saturated rings. The molecule has 0 aliphatic heterocycles. The predicted octanol–water partition coefficient (Wildman–Crippen LogP) is 3.82. The van der Waals surface area contributed by atoms with Crippen LogP contribution in [0.25, 0.3) is 0 Å². The molecule has 16 heavy (non-hydrogen) atoms. The standard InChI is InChI=1S/C12H10ClFOS/c13-10-2-1-3-11(14)9(10)6-12(15)8-4-5-16-7-8/h1-5,7,12,15H,6H2. The van der Waals surface area contributed by atoms with Gasteiger partial charge in [0.15, 0.2) is 0 Å². The highest BCUT2D eigenvalue weighted by Crippen LogP contribution is 2.26. The second-order valence-corrected chi connectivity index (χ2v) is 4.66. The summed E-state index contributed by atoms with van der Waals surface area (Å²) < 4.78 is 13.5. The minimum Gasteiger partial charge on any atom is -0.388 e. The van der Waals surface area contributed by atoms with Crippen LogP contribution >= 0.6 is 22.9 Å². The van der Waals surface area contributed by atoms with Crippen molar-refractivity contribution in [3.63, 3.8) is 0 Å². The van der Waals surface area contributed by atoms with Crippen molar-refractivity contribution in [2.24, 2.45) is 0 Å². The van der Waals surface area contributed by atoms with Crippen LogP contribution in [0.2, 0.25) is 5.02 Å². The largest absolute Gasteiger partial charge is 0.388 e. The summed E-state index contributed by atoms with van der Waals surface area (Å²) in [7, 11) is 0. The summed E-state index contributed by atoms with van der Waals surface area (Å²) in [6.45, 7) is 0. The van der Waals surface area contributed by atoms with Gasteiger partial charge in [-0.2, -0.15) is 11.3 Å². The van der Waals surface area contributed by atoms with Gasteiger partial charge in [-0.05, 0) is 34.5 Å². The molecule has 1 heterocycles. The van der Waals surface area contributed by atoms with Crippen molar-refractivity contribution >= 4 is 22.9 Å². The molecule has 1 unspecified atom stereocenters. The summed E-state index contributed by atoms with van der Waals surface area (Å²) in [6, 6.07) is 6.35. The van der Waals surface area contributed by atoms with Crippen molar-refractivity contribution in [3.8, 4) is 0 Å². The topological polar surface area (TPSA) is 20.2 Å². The summed E-state index contributed by atoms with van der Waals surface area (Å²) in [5.41, 5.74) is 1.16. The lowest BCUT2D eigenvalue weighted by molar-refractivity contribution is 0.177. The highest BCUT2D eigenvalue weighted by atomic mass is 35.5. The van der Waals surface area contributed by atoms with Crippen molar-refractivity contribution in [2.45, 2.75) is 12.5 Å². The second kappa shape index (κ2) is 4.95. The van der Waals surface area contributed by atoms with Crippen LogP contribution < -0.4 is 0 Å². The molecule has 0 amide bonds. The van der Waals surface area contributed by atoms with Gasteiger partial charge in [0.1, 0.15) is 5.82 Å². The zero-order chi connectivity index (χ0) is 11.5. The number of hydrogen-bond acceptors (Lipinski definition) is 2. The number of hydrogen-bond donors (Lipinski definition) is 1. The van der Waals surface area contributed by atoms with Gasteiger partial charge in [0.25, 0.3) is 0 Å². The van der Waals surface area contributed by atoms with E-state index in [0.717, 1.165) is 5.56 Å². The van der Waals surface area contributed by atoms with Crippen LogP contribution in [-0.2, 0) is 6.42 Å². The van der Waals surface area contributed by atoms with E-state index in [1.165, 1.54) is 17.4 Å². The Kier molecular flexibility index (Phi) is 3.59. The molecule has 0 saturated heterocycles. The highest BCUT2D eigenvalue weighted by Gasteiger charge is 2.14. The lowest BCUT2D eigenvalue weighted by atomic mass is 10.0. The third-order valence-corrected chi connectivity index (χ3v) is 3.44. The van der Waals surface area contributed by atoms with E-state index in [-0.39, 0.29) is 12.2 Å². The fraction of sp³-hybridized carbons (Fsp3) is 0.167. The Bertz CT molecular complexity index is 450. The third kappa shape index (κ3) is 2.43. The molecule has 0 saturated carbocycles. The molecule has 1 aromatic heterocycles. The molecule has 4 heteroatoms. The van der Waals surface area contributed by atoms with Gasteiger partial charge in [-0.25, -0.2) is 4.39 Å². The van der Waals surface area contributed by atoms with Crippen molar-refractivity contribution in [2.75, 3.05) is 0 Å². The van der Waals surface area contributed by atoms with Gasteiger partial charge in [-0.1, -0.05) is 17.7 Å². The van der Waals surface area contributed by atoms with Gasteiger partial charge in [0, 0.05) is 17.0 Å². The Balaban J connectivity index is 2.21. The van der Waals surface area contributed by atoms with Crippen molar-refractivity contribution < 1.29 is 9.50 Å². The number of aliphatic hydroxyl groups excluding tert-OH is 1. The van der Waals surface area contributed by atoms with Gasteiger partial charge >= 0.3 is 0 Å². The average Bonchev–Trinajstić information content (AvgIpc) is 2.76. The van der Waals surface area contributed by atoms with E-state index < -0.39 is 6.10 Å². The molecular formula is C12H10ClFOS. The Morgan fingerprint density at radius 1 is 1.38 bits per heavy atom. The molecule has 2 aromatic rings. The minimum absolute atomic E-state index is 0.197. The summed E-state index contributed by atoms with van der Waals surface area (Å²) in [4.78, 5) is 0. The summed E-state index contributed by atoms with van der Waals surface area (Å²) in [6.07, 6.45) is -0.511. The normalized spacial score (nSPS) is 12.7. The minimum atomic E-state index is -0.708. The van der Waals surface area contributed by atoms with Crippen LogP contribution in [0.1, 0.15) is 17.2 Å². The average molecular weight is 257 g/mol. The Hall–Kier alpha value is -0.900. The first-order valence-electron chi connectivity index (χ1n) is 4.81. The summed E-state index contributed by atoms with van der Waals surface area (Å²) in [5, 5.41) is 14.0. The van der Waals surface area contributed by atoms with E-state index in [9.17, 15) is 9.50 Å². The second-order valence-electron chi connectivity index (χ2n) is 3.48. The predicted molar refractivity (Wildman–Crippen MR) is 64.4 cm³/mol. The number of benzene rings is 1. The van der Waals surface area contributed by atoms with Gasteiger partial charge < -0.3 is 5.11 Å². The lowest BCUT2D eigenvalue weighted by Crippen LogP contribution is -2.03. The SMILES string of the molecule is OC(Cc1c(F)cccc1Cl)c1ccsc1. The van der Waals surface area contributed by atoms with Crippen LogP contribution in [0, 0.1) is 5.82 Å². The van der Waals surface area contributed by atoms with Gasteiger partial charge in [0.2, 0.25) is 0 Å². The third-order valence-electron chi connectivity index (χ3n) is 2.39. The van der Waals surface area contributed by atoms with E-state index in [2.05, 4.69) is 0 Å². The molecule has 1 nitrogen and oxygen atoms in total.